The van der Waals surface area contributed by atoms with Crippen LogP contribution >= 0.6 is 0 Å². The molecule has 2 amide bonds. The van der Waals surface area contributed by atoms with Crippen molar-refractivity contribution in [2.24, 2.45) is 5.92 Å². The normalized spacial score (nSPS) is 18.2. The van der Waals surface area contributed by atoms with Crippen molar-refractivity contribution in [3.63, 3.8) is 0 Å². The van der Waals surface area contributed by atoms with Gasteiger partial charge in [-0.25, -0.2) is 4.39 Å². The van der Waals surface area contributed by atoms with Gasteiger partial charge in [-0.05, 0) is 41.8 Å². The van der Waals surface area contributed by atoms with Crippen LogP contribution in [0.2, 0.25) is 0 Å². The Morgan fingerprint density at radius 3 is 2.69 bits per heavy atom. The van der Waals surface area contributed by atoms with E-state index in [1.165, 1.54) is 11.0 Å². The first-order valence-corrected chi connectivity index (χ1v) is 10.5. The Bertz CT molecular complexity index is 1220. The lowest BCUT2D eigenvalue weighted by Crippen LogP contribution is -2.40. The van der Waals surface area contributed by atoms with E-state index < -0.39 is 11.7 Å². The van der Waals surface area contributed by atoms with Crippen LogP contribution in [-0.4, -0.2) is 54.2 Å². The van der Waals surface area contributed by atoms with E-state index in [1.807, 2.05) is 12.1 Å². The first-order chi connectivity index (χ1) is 15.5. The molecule has 8 nitrogen and oxygen atoms in total. The van der Waals surface area contributed by atoms with Gasteiger partial charge in [-0.1, -0.05) is 6.07 Å². The molecule has 2 aliphatic rings. The van der Waals surface area contributed by atoms with Gasteiger partial charge in [0.25, 0.3) is 0 Å². The minimum absolute atomic E-state index is 0.0803. The van der Waals surface area contributed by atoms with Crippen molar-refractivity contribution in [2.45, 2.75) is 19.4 Å². The highest BCUT2D eigenvalue weighted by molar-refractivity contribution is 6.05. The number of hydrogen-bond donors (Lipinski definition) is 1. The zero-order valence-corrected chi connectivity index (χ0v) is 17.9. The van der Waals surface area contributed by atoms with Gasteiger partial charge in [-0.3, -0.25) is 19.6 Å². The minimum Gasteiger partial charge on any atom is -0.493 e. The third-order valence-electron chi connectivity index (χ3n) is 6.28. The number of hydrogen-bond acceptors (Lipinski definition) is 5. The third-order valence-corrected chi connectivity index (χ3v) is 6.28. The van der Waals surface area contributed by atoms with E-state index in [0.29, 0.717) is 36.5 Å². The number of ether oxygens (including phenoxy) is 2. The fourth-order valence-electron chi connectivity index (χ4n) is 4.62. The Balaban J connectivity index is 1.35. The molecule has 2 aliphatic heterocycles. The largest absolute Gasteiger partial charge is 0.493 e. The van der Waals surface area contributed by atoms with Gasteiger partial charge in [0.1, 0.15) is 5.82 Å². The van der Waals surface area contributed by atoms with E-state index in [0.717, 1.165) is 11.1 Å². The van der Waals surface area contributed by atoms with Crippen molar-refractivity contribution in [3.05, 3.63) is 47.3 Å². The predicted octanol–water partition coefficient (Wildman–Crippen LogP) is 2.66. The Morgan fingerprint density at radius 2 is 1.94 bits per heavy atom. The molecule has 0 aliphatic carbocycles. The Kier molecular flexibility index (Phi) is 4.96. The van der Waals surface area contributed by atoms with E-state index in [-0.39, 0.29) is 36.0 Å². The summed E-state index contributed by atoms with van der Waals surface area (Å²) in [7, 11) is 3.18. The first kappa shape index (κ1) is 20.3. The number of benzene rings is 2. The van der Waals surface area contributed by atoms with Crippen LogP contribution in [0.25, 0.3) is 10.9 Å². The summed E-state index contributed by atoms with van der Waals surface area (Å²) in [5.41, 5.74) is 2.64. The van der Waals surface area contributed by atoms with Gasteiger partial charge < -0.3 is 14.4 Å². The molecule has 5 rings (SSSR count). The topological polar surface area (TPSA) is 87.8 Å². The van der Waals surface area contributed by atoms with Gasteiger partial charge in [0.2, 0.25) is 11.8 Å². The van der Waals surface area contributed by atoms with Crippen LogP contribution in [0.5, 0.6) is 11.5 Å². The molecular weight excluding hydrogens is 415 g/mol. The van der Waals surface area contributed by atoms with Gasteiger partial charge in [0, 0.05) is 26.1 Å². The molecule has 1 fully saturated rings. The maximum atomic E-state index is 14.4. The van der Waals surface area contributed by atoms with Gasteiger partial charge in [0.15, 0.2) is 17.3 Å². The minimum atomic E-state index is -0.497. The molecule has 1 atom stereocenters. The maximum absolute atomic E-state index is 14.4. The van der Waals surface area contributed by atoms with Crippen LogP contribution in [0.15, 0.2) is 30.3 Å². The Labute approximate surface area is 183 Å². The van der Waals surface area contributed by atoms with Gasteiger partial charge >= 0.3 is 0 Å². The number of carbonyl (C=O) groups excluding carboxylic acids is 2. The molecule has 1 saturated heterocycles. The van der Waals surface area contributed by atoms with Crippen LogP contribution in [0.4, 0.5) is 10.2 Å². The monoisotopic (exact) mass is 438 g/mol. The number of amides is 2. The number of carbonyl (C=O) groups is 2. The Morgan fingerprint density at radius 1 is 1.19 bits per heavy atom. The van der Waals surface area contributed by atoms with Crippen molar-refractivity contribution < 1.29 is 23.5 Å². The van der Waals surface area contributed by atoms with Crippen molar-refractivity contribution in [1.82, 2.24) is 15.1 Å². The molecule has 0 radical (unpaired) electrons. The fourth-order valence-corrected chi connectivity index (χ4v) is 4.62. The standard InChI is InChI=1S/C23H23FN4O4/c1-31-18-8-13-6-7-27(11-14(13)9-19(18)32-2)23(30)15-10-20(29)28(12-15)22-21-16(24)4-3-5-17(21)25-26-22/h3-5,8-9,15H,6-7,10-12H2,1-2H3,(H,25,26)/t15-/m1/s1. The van der Waals surface area contributed by atoms with E-state index >= 15 is 0 Å². The number of aromatic amines is 1. The summed E-state index contributed by atoms with van der Waals surface area (Å²) >= 11 is 0. The molecule has 2 aromatic carbocycles. The first-order valence-electron chi connectivity index (χ1n) is 10.5. The Hall–Kier alpha value is -3.62. The second kappa shape index (κ2) is 7.81. The third kappa shape index (κ3) is 3.24. The van der Waals surface area contributed by atoms with Crippen LogP contribution in [-0.2, 0) is 22.6 Å². The number of nitrogens with one attached hydrogen (secondary N) is 1. The quantitative estimate of drug-likeness (QED) is 0.677. The SMILES string of the molecule is COc1cc2c(cc1OC)CN(C(=O)[C@@H]1CC(=O)N(c3n[nH]c4cccc(F)c34)C1)CC2. The summed E-state index contributed by atoms with van der Waals surface area (Å²) in [6.07, 6.45) is 0.776. The number of H-pyrrole nitrogens is 1. The van der Waals surface area contributed by atoms with Gasteiger partial charge in [-0.2, -0.15) is 5.10 Å². The number of methoxy groups -OCH3 is 2. The van der Waals surface area contributed by atoms with E-state index in [4.69, 9.17) is 9.47 Å². The van der Waals surface area contributed by atoms with Crippen molar-refractivity contribution >= 4 is 28.5 Å². The summed E-state index contributed by atoms with van der Waals surface area (Å²) in [6.45, 7) is 1.19. The average molecular weight is 438 g/mol. The lowest BCUT2D eigenvalue weighted by molar-refractivity contribution is -0.136. The summed E-state index contributed by atoms with van der Waals surface area (Å²) in [6, 6.07) is 8.47. The van der Waals surface area contributed by atoms with E-state index in [2.05, 4.69) is 10.2 Å². The average Bonchev–Trinajstić information content (AvgIpc) is 3.41. The van der Waals surface area contributed by atoms with E-state index in [9.17, 15) is 14.0 Å². The lowest BCUT2D eigenvalue weighted by atomic mass is 9.97. The van der Waals surface area contributed by atoms with Crippen LogP contribution < -0.4 is 14.4 Å². The van der Waals surface area contributed by atoms with Crippen molar-refractivity contribution in [2.75, 3.05) is 32.2 Å². The number of halogens is 1. The van der Waals surface area contributed by atoms with Crippen LogP contribution in [0.1, 0.15) is 17.5 Å². The molecule has 0 unspecified atom stereocenters. The highest BCUT2D eigenvalue weighted by atomic mass is 19.1. The summed E-state index contributed by atoms with van der Waals surface area (Å²) in [4.78, 5) is 29.2. The van der Waals surface area contributed by atoms with Gasteiger partial charge in [-0.15, -0.1) is 0 Å². The van der Waals surface area contributed by atoms with E-state index in [1.54, 1.807) is 31.3 Å². The summed E-state index contributed by atoms with van der Waals surface area (Å²) < 4.78 is 25.1. The second-order valence-corrected chi connectivity index (χ2v) is 8.10. The molecular formula is C23H23FN4O4. The molecule has 32 heavy (non-hydrogen) atoms. The maximum Gasteiger partial charge on any atom is 0.229 e. The molecule has 1 aromatic heterocycles. The highest BCUT2D eigenvalue weighted by Crippen LogP contribution is 2.35. The number of anilines is 1. The summed E-state index contributed by atoms with van der Waals surface area (Å²) in [5.74, 6) is 0.259. The molecule has 9 heteroatoms. The number of aromatic nitrogens is 2. The number of fused-ring (bicyclic) bond motifs is 2. The highest BCUT2D eigenvalue weighted by Gasteiger charge is 2.39. The second-order valence-electron chi connectivity index (χ2n) is 8.10. The molecule has 3 aromatic rings. The number of rotatable bonds is 4. The van der Waals surface area contributed by atoms with Crippen molar-refractivity contribution in [1.29, 1.82) is 0 Å². The lowest BCUT2D eigenvalue weighted by Gasteiger charge is -2.31. The van der Waals surface area contributed by atoms with Crippen LogP contribution in [0, 0.1) is 11.7 Å². The predicted molar refractivity (Wildman–Crippen MR) is 115 cm³/mol. The summed E-state index contributed by atoms with van der Waals surface area (Å²) in [5, 5.41) is 7.18. The molecule has 166 valence electrons. The van der Waals surface area contributed by atoms with Crippen LogP contribution in [0.3, 0.4) is 0 Å². The fraction of sp³-hybridized carbons (Fsp3) is 0.348. The zero-order chi connectivity index (χ0) is 22.4. The molecule has 0 spiro atoms. The smallest absolute Gasteiger partial charge is 0.229 e. The number of nitrogens with zero attached hydrogens (tertiary/aromatic N) is 3. The van der Waals surface area contributed by atoms with Gasteiger partial charge in [0.05, 0.1) is 31.0 Å². The van der Waals surface area contributed by atoms with Crippen molar-refractivity contribution in [3.8, 4) is 11.5 Å². The zero-order valence-electron chi connectivity index (χ0n) is 17.9. The molecule has 3 heterocycles. The molecule has 0 bridgehead atoms. The molecule has 0 saturated carbocycles. The molecule has 1 N–H and O–H groups in total.